The lowest BCUT2D eigenvalue weighted by molar-refractivity contribution is -0.302. The van der Waals surface area contributed by atoms with Gasteiger partial charge >= 0.3 is 0 Å². The smallest absolute Gasteiger partial charge is 0.220 e. The summed E-state index contributed by atoms with van der Waals surface area (Å²) >= 11 is 0. The van der Waals surface area contributed by atoms with Crippen LogP contribution >= 0.6 is 0 Å². The van der Waals surface area contributed by atoms with Crippen LogP contribution in [0.5, 0.6) is 0 Å². The van der Waals surface area contributed by atoms with Gasteiger partial charge in [0.15, 0.2) is 6.29 Å². The molecule has 0 aromatic carbocycles. The molecule has 9 heteroatoms. The van der Waals surface area contributed by atoms with Gasteiger partial charge in [0.25, 0.3) is 0 Å². The number of nitrogens with one attached hydrogen (secondary N) is 1. The second-order valence-corrected chi connectivity index (χ2v) is 18.7. The summed E-state index contributed by atoms with van der Waals surface area (Å²) in [6.07, 6.45) is 49.1. The molecule has 1 aliphatic heterocycles. The largest absolute Gasteiger partial charge is 0.394 e. The number of hydrogen-bond donors (Lipinski definition) is 6. The first-order valence-corrected chi connectivity index (χ1v) is 26.7. The minimum absolute atomic E-state index is 0.184. The van der Waals surface area contributed by atoms with Crippen LogP contribution in [0, 0.1) is 0 Å². The Hall–Kier alpha value is -1.59. The maximum Gasteiger partial charge on any atom is 0.220 e. The first-order chi connectivity index (χ1) is 30.8. The molecule has 1 heterocycles. The zero-order valence-electron chi connectivity index (χ0n) is 40.8. The number of aliphatic hydroxyl groups is 5. The van der Waals surface area contributed by atoms with Crippen LogP contribution < -0.4 is 5.32 Å². The molecule has 7 unspecified atom stereocenters. The maximum atomic E-state index is 13.0. The van der Waals surface area contributed by atoms with Crippen molar-refractivity contribution in [2.24, 2.45) is 0 Å². The minimum Gasteiger partial charge on any atom is -0.394 e. The highest BCUT2D eigenvalue weighted by Gasteiger charge is 2.44. The lowest BCUT2D eigenvalue weighted by Gasteiger charge is -2.40. The molecule has 0 spiro atoms. The summed E-state index contributed by atoms with van der Waals surface area (Å²) in [5.74, 6) is -0.184. The zero-order chi connectivity index (χ0) is 45.9. The molecule has 6 N–H and O–H groups in total. The molecule has 0 aromatic rings. The van der Waals surface area contributed by atoms with Gasteiger partial charge in [-0.05, 0) is 51.4 Å². The molecular formula is C54H101NO8. The Kier molecular flexibility index (Phi) is 41.7. The first-order valence-electron chi connectivity index (χ1n) is 26.7. The quantitative estimate of drug-likeness (QED) is 0.0261. The van der Waals surface area contributed by atoms with Gasteiger partial charge in [0.2, 0.25) is 5.91 Å². The molecule has 1 saturated heterocycles. The number of aliphatic hydroxyl groups excluding tert-OH is 5. The Bertz CT molecular complexity index is 1080. The number of carbonyl (C=O) groups excluding carboxylic acids is 1. The van der Waals surface area contributed by atoms with E-state index in [1.807, 2.05) is 6.08 Å². The SMILES string of the molecule is CCCCC/C=C\C/C=C\CCCCCCCCCC(=O)NC(COC1OC(CO)C(O)C(O)C1O)C(O)/C=C/CCCCCCCCCCCCCCCCCCCCCCC. The predicted molar refractivity (Wildman–Crippen MR) is 263 cm³/mol. The lowest BCUT2D eigenvalue weighted by Crippen LogP contribution is -2.60. The van der Waals surface area contributed by atoms with Crippen molar-refractivity contribution < 1.29 is 39.8 Å². The Morgan fingerprint density at radius 1 is 0.540 bits per heavy atom. The predicted octanol–water partition coefficient (Wildman–Crippen LogP) is 12.4. The van der Waals surface area contributed by atoms with Crippen molar-refractivity contribution >= 4 is 5.91 Å². The van der Waals surface area contributed by atoms with Crippen molar-refractivity contribution in [1.29, 1.82) is 0 Å². The highest BCUT2D eigenvalue weighted by molar-refractivity contribution is 5.76. The average molecular weight is 892 g/mol. The van der Waals surface area contributed by atoms with Crippen LogP contribution in [0.1, 0.15) is 245 Å². The van der Waals surface area contributed by atoms with Crippen LogP contribution in [0.3, 0.4) is 0 Å². The van der Waals surface area contributed by atoms with E-state index in [1.54, 1.807) is 6.08 Å². The molecule has 0 aliphatic carbocycles. The number of amides is 1. The molecule has 1 aliphatic rings. The van der Waals surface area contributed by atoms with Gasteiger partial charge in [-0.1, -0.05) is 224 Å². The summed E-state index contributed by atoms with van der Waals surface area (Å²) in [5.41, 5.74) is 0. The molecule has 1 rings (SSSR count). The van der Waals surface area contributed by atoms with Crippen LogP contribution in [0.15, 0.2) is 36.5 Å². The van der Waals surface area contributed by atoms with E-state index in [4.69, 9.17) is 9.47 Å². The van der Waals surface area contributed by atoms with Crippen molar-refractivity contribution in [1.82, 2.24) is 5.32 Å². The number of rotatable bonds is 45. The first kappa shape index (κ1) is 59.4. The fraction of sp³-hybridized carbons (Fsp3) is 0.870. The van der Waals surface area contributed by atoms with Crippen LogP contribution in [0.2, 0.25) is 0 Å². The van der Waals surface area contributed by atoms with Gasteiger partial charge in [0.1, 0.15) is 24.4 Å². The van der Waals surface area contributed by atoms with E-state index in [9.17, 15) is 30.3 Å². The number of ether oxygens (including phenoxy) is 2. The summed E-state index contributed by atoms with van der Waals surface area (Å²) in [4.78, 5) is 13.0. The Labute approximate surface area is 387 Å². The van der Waals surface area contributed by atoms with E-state index in [0.29, 0.717) is 6.42 Å². The Morgan fingerprint density at radius 3 is 1.40 bits per heavy atom. The summed E-state index contributed by atoms with van der Waals surface area (Å²) in [5, 5.41) is 54.4. The topological polar surface area (TPSA) is 149 Å². The van der Waals surface area contributed by atoms with E-state index >= 15 is 0 Å². The summed E-state index contributed by atoms with van der Waals surface area (Å²) in [7, 11) is 0. The van der Waals surface area contributed by atoms with Crippen molar-refractivity contribution in [2.45, 2.75) is 288 Å². The van der Waals surface area contributed by atoms with E-state index in [0.717, 1.165) is 57.8 Å². The van der Waals surface area contributed by atoms with Gasteiger partial charge in [-0.25, -0.2) is 0 Å². The van der Waals surface area contributed by atoms with Crippen LogP contribution in [0.4, 0.5) is 0 Å². The van der Waals surface area contributed by atoms with Crippen molar-refractivity contribution in [2.75, 3.05) is 13.2 Å². The zero-order valence-corrected chi connectivity index (χ0v) is 40.8. The van der Waals surface area contributed by atoms with E-state index in [2.05, 4.69) is 43.5 Å². The number of allylic oxidation sites excluding steroid dienone is 5. The second-order valence-electron chi connectivity index (χ2n) is 18.7. The Morgan fingerprint density at radius 2 is 0.937 bits per heavy atom. The molecule has 370 valence electrons. The third-order valence-corrected chi connectivity index (χ3v) is 12.7. The minimum atomic E-state index is -1.57. The molecule has 0 bridgehead atoms. The molecule has 0 saturated carbocycles. The number of hydrogen-bond acceptors (Lipinski definition) is 8. The third-order valence-electron chi connectivity index (χ3n) is 12.7. The Balaban J connectivity index is 2.27. The fourth-order valence-electron chi connectivity index (χ4n) is 8.42. The van der Waals surface area contributed by atoms with Gasteiger partial charge in [-0.3, -0.25) is 4.79 Å². The summed E-state index contributed by atoms with van der Waals surface area (Å²) in [6, 6.07) is -0.809. The van der Waals surface area contributed by atoms with Gasteiger partial charge < -0.3 is 40.3 Å². The monoisotopic (exact) mass is 892 g/mol. The van der Waals surface area contributed by atoms with Crippen molar-refractivity contribution in [3.8, 4) is 0 Å². The van der Waals surface area contributed by atoms with Gasteiger partial charge in [-0.2, -0.15) is 0 Å². The molecule has 0 radical (unpaired) electrons. The third kappa shape index (κ3) is 34.4. The molecule has 0 aromatic heterocycles. The van der Waals surface area contributed by atoms with Gasteiger partial charge in [-0.15, -0.1) is 0 Å². The highest BCUT2D eigenvalue weighted by Crippen LogP contribution is 2.23. The summed E-state index contributed by atoms with van der Waals surface area (Å²) < 4.78 is 11.2. The van der Waals surface area contributed by atoms with Gasteiger partial charge in [0.05, 0.1) is 25.4 Å². The van der Waals surface area contributed by atoms with E-state index in [-0.39, 0.29) is 12.5 Å². The molecular weight excluding hydrogens is 791 g/mol. The van der Waals surface area contributed by atoms with Crippen LogP contribution in [-0.4, -0.2) is 87.5 Å². The summed E-state index contributed by atoms with van der Waals surface area (Å²) in [6.45, 7) is 3.76. The van der Waals surface area contributed by atoms with Crippen LogP contribution in [0.25, 0.3) is 0 Å². The lowest BCUT2D eigenvalue weighted by atomic mass is 9.99. The number of unbranched alkanes of at least 4 members (excludes halogenated alkanes) is 31. The molecule has 7 atom stereocenters. The number of carbonyl (C=O) groups is 1. The van der Waals surface area contributed by atoms with E-state index < -0.39 is 49.5 Å². The maximum absolute atomic E-state index is 13.0. The van der Waals surface area contributed by atoms with Gasteiger partial charge in [0, 0.05) is 6.42 Å². The van der Waals surface area contributed by atoms with E-state index in [1.165, 1.54) is 167 Å². The highest BCUT2D eigenvalue weighted by atomic mass is 16.7. The molecule has 9 nitrogen and oxygen atoms in total. The second kappa shape index (κ2) is 44.3. The standard InChI is InChI=1S/C54H101NO8/c1-3-5-7-9-11-13-15-17-19-21-22-23-24-25-26-28-29-31-33-35-37-39-41-43-48(57)47(46-62-54-53(61)52(60)51(59)49(45-56)63-54)55-50(58)44-42-40-38-36-34-32-30-27-20-18-16-14-12-10-8-6-4-2/h12,14,18,20,41,43,47-49,51-54,56-57,59-61H,3-11,13,15-17,19,21-40,42,44-46H2,1-2H3,(H,55,58)/b14-12-,20-18-,43-41+. The average Bonchev–Trinajstić information content (AvgIpc) is 3.28. The molecule has 1 amide bonds. The fourth-order valence-corrected chi connectivity index (χ4v) is 8.42. The molecule has 63 heavy (non-hydrogen) atoms. The van der Waals surface area contributed by atoms with Crippen LogP contribution in [-0.2, 0) is 14.3 Å². The molecule has 1 fully saturated rings. The van der Waals surface area contributed by atoms with Crippen molar-refractivity contribution in [3.63, 3.8) is 0 Å². The van der Waals surface area contributed by atoms with Crippen molar-refractivity contribution in [3.05, 3.63) is 36.5 Å². The normalized spacial score (nSPS) is 20.4.